The molecule has 16 heavy (non-hydrogen) atoms. The fraction of sp³-hybridized carbons (Fsp3) is 0.273. The third-order valence-corrected chi connectivity index (χ3v) is 1.67. The minimum atomic E-state index is -0.492. The second-order valence-electron chi connectivity index (χ2n) is 3.35. The first kappa shape index (κ1) is 12.0. The van der Waals surface area contributed by atoms with E-state index in [1.807, 2.05) is 25.1 Å². The Morgan fingerprint density at radius 3 is 2.88 bits per heavy atom. The third kappa shape index (κ3) is 4.00. The van der Waals surface area contributed by atoms with Gasteiger partial charge >= 0.3 is 6.09 Å². The largest absolute Gasteiger partial charge is 0.412 e. The molecule has 0 fully saturated rings. The third-order valence-electron chi connectivity index (χ3n) is 1.67. The molecule has 0 aliphatic heterocycles. The summed E-state index contributed by atoms with van der Waals surface area (Å²) in [7, 11) is 5.28. The Balaban J connectivity index is 2.75. The van der Waals surface area contributed by atoms with Gasteiger partial charge in [-0.3, -0.25) is 0 Å². The predicted molar refractivity (Wildman–Crippen MR) is 63.4 cm³/mol. The van der Waals surface area contributed by atoms with Crippen LogP contribution in [0.15, 0.2) is 29.3 Å². The zero-order valence-electron chi connectivity index (χ0n) is 9.60. The van der Waals surface area contributed by atoms with Crippen LogP contribution < -0.4 is 10.1 Å². The summed E-state index contributed by atoms with van der Waals surface area (Å²) < 4.78 is 4.97. The molecule has 0 saturated heterocycles. The summed E-state index contributed by atoms with van der Waals surface area (Å²) in [5.74, 6) is 0.466. The molecule has 0 bridgehead atoms. The number of nitrogens with zero attached hydrogens (tertiary/aromatic N) is 2. The summed E-state index contributed by atoms with van der Waals surface area (Å²) in [5, 5.41) is 2.38. The van der Waals surface area contributed by atoms with Gasteiger partial charge in [-0.15, -0.1) is 0 Å². The van der Waals surface area contributed by atoms with E-state index in [1.165, 1.54) is 7.05 Å². The standard InChI is InChI=1S/C11H15N3O2/c1-12-11(15)16-10-6-4-5-9(7-10)13-8-14(2)3/h4-8H,1-3H3,(H,12,15)/b13-8-. The van der Waals surface area contributed by atoms with E-state index in [4.69, 9.17) is 4.74 Å². The molecule has 0 heterocycles. The van der Waals surface area contributed by atoms with Crippen molar-refractivity contribution in [1.29, 1.82) is 0 Å². The SMILES string of the molecule is CNC(=O)Oc1cccc(/N=C\N(C)C)c1. The zero-order chi connectivity index (χ0) is 12.0. The first-order valence-corrected chi connectivity index (χ1v) is 4.82. The molecular formula is C11H15N3O2. The van der Waals surface area contributed by atoms with Crippen molar-refractivity contribution in [2.24, 2.45) is 4.99 Å². The minimum Gasteiger partial charge on any atom is -0.410 e. The van der Waals surface area contributed by atoms with Crippen LogP contribution in [0.4, 0.5) is 10.5 Å². The lowest BCUT2D eigenvalue weighted by molar-refractivity contribution is 0.203. The number of carbonyl (C=O) groups is 1. The van der Waals surface area contributed by atoms with Gasteiger partial charge in [-0.1, -0.05) is 6.07 Å². The van der Waals surface area contributed by atoms with Crippen molar-refractivity contribution in [3.8, 4) is 5.75 Å². The molecule has 5 nitrogen and oxygen atoms in total. The smallest absolute Gasteiger partial charge is 0.410 e. The first-order chi connectivity index (χ1) is 7.61. The molecule has 0 radical (unpaired) electrons. The molecule has 86 valence electrons. The Hall–Kier alpha value is -2.04. The lowest BCUT2D eigenvalue weighted by atomic mass is 10.3. The van der Waals surface area contributed by atoms with Crippen LogP contribution in [-0.2, 0) is 0 Å². The van der Waals surface area contributed by atoms with Crippen LogP contribution in [-0.4, -0.2) is 38.5 Å². The Labute approximate surface area is 94.7 Å². The van der Waals surface area contributed by atoms with E-state index in [0.717, 1.165) is 5.69 Å². The first-order valence-electron chi connectivity index (χ1n) is 4.82. The lowest BCUT2D eigenvalue weighted by Gasteiger charge is -2.05. The molecule has 1 N–H and O–H groups in total. The normalized spacial score (nSPS) is 10.2. The number of rotatable bonds is 3. The van der Waals surface area contributed by atoms with Crippen LogP contribution in [0.2, 0.25) is 0 Å². The van der Waals surface area contributed by atoms with Gasteiger partial charge in [0.2, 0.25) is 0 Å². The van der Waals surface area contributed by atoms with Gasteiger partial charge in [0.15, 0.2) is 0 Å². The number of nitrogens with one attached hydrogen (secondary N) is 1. The Morgan fingerprint density at radius 2 is 2.25 bits per heavy atom. The van der Waals surface area contributed by atoms with Crippen molar-refractivity contribution in [3.05, 3.63) is 24.3 Å². The number of aliphatic imine (C=N–C) groups is 1. The quantitative estimate of drug-likeness (QED) is 0.623. The molecule has 5 heteroatoms. The minimum absolute atomic E-state index is 0.466. The summed E-state index contributed by atoms with van der Waals surface area (Å²) in [6.07, 6.45) is 1.19. The predicted octanol–water partition coefficient (Wildman–Crippen LogP) is 1.63. The molecule has 0 atom stereocenters. The van der Waals surface area contributed by atoms with Gasteiger partial charge in [0.05, 0.1) is 12.0 Å². The molecule has 0 saturated carbocycles. The topological polar surface area (TPSA) is 53.9 Å². The van der Waals surface area contributed by atoms with Crippen molar-refractivity contribution in [1.82, 2.24) is 10.2 Å². The van der Waals surface area contributed by atoms with E-state index < -0.39 is 6.09 Å². The summed E-state index contributed by atoms with van der Waals surface area (Å²) in [6.45, 7) is 0. The second-order valence-corrected chi connectivity index (χ2v) is 3.35. The molecule has 0 aliphatic carbocycles. The van der Waals surface area contributed by atoms with Crippen LogP contribution in [0, 0.1) is 0 Å². The lowest BCUT2D eigenvalue weighted by Crippen LogP contribution is -2.21. The van der Waals surface area contributed by atoms with Gasteiger partial charge in [0.1, 0.15) is 5.75 Å². The van der Waals surface area contributed by atoms with E-state index in [2.05, 4.69) is 10.3 Å². The highest BCUT2D eigenvalue weighted by molar-refractivity contribution is 5.70. The van der Waals surface area contributed by atoms with Crippen LogP contribution in [0.1, 0.15) is 0 Å². The summed E-state index contributed by atoms with van der Waals surface area (Å²) in [4.78, 5) is 17.0. The molecule has 1 aromatic rings. The van der Waals surface area contributed by atoms with E-state index in [-0.39, 0.29) is 0 Å². The average Bonchev–Trinajstić information content (AvgIpc) is 2.26. The van der Waals surface area contributed by atoms with Crippen molar-refractivity contribution < 1.29 is 9.53 Å². The van der Waals surface area contributed by atoms with E-state index in [1.54, 1.807) is 24.5 Å². The van der Waals surface area contributed by atoms with Crippen molar-refractivity contribution in [2.45, 2.75) is 0 Å². The van der Waals surface area contributed by atoms with Crippen LogP contribution in [0.3, 0.4) is 0 Å². The van der Waals surface area contributed by atoms with E-state index in [0.29, 0.717) is 5.75 Å². The summed E-state index contributed by atoms with van der Waals surface area (Å²) >= 11 is 0. The highest BCUT2D eigenvalue weighted by atomic mass is 16.5. The number of ether oxygens (including phenoxy) is 1. The van der Waals surface area contributed by atoms with Crippen molar-refractivity contribution >= 4 is 18.1 Å². The highest BCUT2D eigenvalue weighted by Gasteiger charge is 2.01. The van der Waals surface area contributed by atoms with Crippen LogP contribution in [0.25, 0.3) is 0 Å². The molecule has 0 unspecified atom stereocenters. The van der Waals surface area contributed by atoms with E-state index >= 15 is 0 Å². The maximum Gasteiger partial charge on any atom is 0.412 e. The number of benzene rings is 1. The van der Waals surface area contributed by atoms with Crippen molar-refractivity contribution in [3.63, 3.8) is 0 Å². The molecular weight excluding hydrogens is 206 g/mol. The number of hydrogen-bond donors (Lipinski definition) is 1. The molecule has 1 amide bonds. The van der Waals surface area contributed by atoms with E-state index in [9.17, 15) is 4.79 Å². The fourth-order valence-electron chi connectivity index (χ4n) is 0.968. The monoisotopic (exact) mass is 221 g/mol. The number of carbonyl (C=O) groups excluding carboxylic acids is 1. The molecule has 0 aliphatic rings. The summed E-state index contributed by atoms with van der Waals surface area (Å²) in [6, 6.07) is 7.00. The van der Waals surface area contributed by atoms with Gasteiger partial charge in [0, 0.05) is 27.2 Å². The van der Waals surface area contributed by atoms with Gasteiger partial charge < -0.3 is 15.0 Å². The zero-order valence-corrected chi connectivity index (χ0v) is 9.60. The Bertz CT molecular complexity index is 389. The molecule has 1 aromatic carbocycles. The molecule has 0 aromatic heterocycles. The maximum atomic E-state index is 11.0. The molecule has 1 rings (SSSR count). The Morgan fingerprint density at radius 1 is 1.50 bits per heavy atom. The maximum absolute atomic E-state index is 11.0. The highest BCUT2D eigenvalue weighted by Crippen LogP contribution is 2.19. The van der Waals surface area contributed by atoms with Gasteiger partial charge in [-0.25, -0.2) is 9.79 Å². The second kappa shape index (κ2) is 5.75. The van der Waals surface area contributed by atoms with Gasteiger partial charge in [-0.2, -0.15) is 0 Å². The van der Waals surface area contributed by atoms with Crippen LogP contribution in [0.5, 0.6) is 5.75 Å². The summed E-state index contributed by atoms with van der Waals surface area (Å²) in [5.41, 5.74) is 0.732. The molecule has 0 spiro atoms. The fourth-order valence-corrected chi connectivity index (χ4v) is 0.968. The Kier molecular flexibility index (Phi) is 4.32. The van der Waals surface area contributed by atoms with Crippen molar-refractivity contribution in [2.75, 3.05) is 21.1 Å². The van der Waals surface area contributed by atoms with Gasteiger partial charge in [-0.05, 0) is 12.1 Å². The number of hydrogen-bond acceptors (Lipinski definition) is 3. The average molecular weight is 221 g/mol. The van der Waals surface area contributed by atoms with Crippen LogP contribution >= 0.6 is 0 Å². The van der Waals surface area contributed by atoms with Gasteiger partial charge in [0.25, 0.3) is 0 Å². The number of amides is 1.